The lowest BCUT2D eigenvalue weighted by atomic mass is 9.58. The van der Waals surface area contributed by atoms with Crippen LogP contribution in [-0.2, 0) is 6.42 Å². The van der Waals surface area contributed by atoms with Gasteiger partial charge in [-0.05, 0) is 109 Å². The summed E-state index contributed by atoms with van der Waals surface area (Å²) >= 11 is 0. The molecule has 0 spiro atoms. The predicted molar refractivity (Wildman–Crippen MR) is 94.9 cm³/mol. The van der Waals surface area contributed by atoms with Crippen molar-refractivity contribution in [3.63, 3.8) is 0 Å². The highest BCUT2D eigenvalue weighted by Gasteiger charge is 2.57. The topological polar surface area (TPSA) is 0 Å². The summed E-state index contributed by atoms with van der Waals surface area (Å²) in [6, 6.07) is 5.13. The van der Waals surface area contributed by atoms with Gasteiger partial charge in [-0.2, -0.15) is 0 Å². The Morgan fingerprint density at radius 2 is 1.65 bits per heavy atom. The molecule has 0 N–H and O–H groups in total. The van der Waals surface area contributed by atoms with E-state index in [1.165, 1.54) is 38.5 Å². The highest BCUT2D eigenvalue weighted by atomic mass is 14.6. The Hall–Kier alpha value is -0.780. The monoisotopic (exact) mass is 306 g/mol. The molecule has 4 fully saturated rings. The molecule has 5 aliphatic carbocycles. The fraction of sp³-hybridized carbons (Fsp3) is 0.739. The molecule has 0 heteroatoms. The fourth-order valence-corrected chi connectivity index (χ4v) is 7.94. The van der Waals surface area contributed by atoms with E-state index in [0.717, 1.165) is 41.4 Å². The molecule has 122 valence electrons. The van der Waals surface area contributed by atoms with Crippen molar-refractivity contribution in [3.8, 4) is 0 Å². The zero-order valence-corrected chi connectivity index (χ0v) is 14.6. The van der Waals surface area contributed by atoms with Crippen LogP contribution in [0.3, 0.4) is 0 Å². The molecule has 0 radical (unpaired) electrons. The van der Waals surface area contributed by atoms with Crippen LogP contribution in [0, 0.1) is 23.7 Å². The van der Waals surface area contributed by atoms with Crippen LogP contribution in [0.4, 0.5) is 0 Å². The molecule has 0 heterocycles. The summed E-state index contributed by atoms with van der Waals surface area (Å²) in [5, 5.41) is 0. The van der Waals surface area contributed by atoms with Crippen molar-refractivity contribution in [1.82, 2.24) is 0 Å². The van der Waals surface area contributed by atoms with Gasteiger partial charge in [0.2, 0.25) is 0 Å². The van der Waals surface area contributed by atoms with E-state index < -0.39 is 0 Å². The molecule has 23 heavy (non-hydrogen) atoms. The Balaban J connectivity index is 1.49. The van der Waals surface area contributed by atoms with E-state index in [4.69, 9.17) is 0 Å². The zero-order valence-electron chi connectivity index (χ0n) is 14.6. The average Bonchev–Trinajstić information content (AvgIpc) is 3.30. The van der Waals surface area contributed by atoms with Gasteiger partial charge in [0.15, 0.2) is 0 Å². The van der Waals surface area contributed by atoms with Gasteiger partial charge >= 0.3 is 0 Å². The van der Waals surface area contributed by atoms with Crippen LogP contribution in [0.2, 0.25) is 0 Å². The van der Waals surface area contributed by atoms with Crippen LogP contribution in [0.25, 0.3) is 0 Å². The Kier molecular flexibility index (Phi) is 2.73. The van der Waals surface area contributed by atoms with E-state index in [0.29, 0.717) is 0 Å². The van der Waals surface area contributed by atoms with Gasteiger partial charge in [0.25, 0.3) is 0 Å². The third-order valence-corrected chi connectivity index (χ3v) is 8.65. The lowest BCUT2D eigenvalue weighted by molar-refractivity contribution is 0.313. The Morgan fingerprint density at radius 3 is 2.39 bits per heavy atom. The molecule has 0 saturated heterocycles. The second kappa shape index (κ2) is 4.64. The first-order valence-electron chi connectivity index (χ1n) is 10.5. The summed E-state index contributed by atoms with van der Waals surface area (Å²) in [6.45, 7) is 2.37. The number of benzene rings is 1. The molecule has 4 bridgehead atoms. The van der Waals surface area contributed by atoms with Crippen molar-refractivity contribution in [2.24, 2.45) is 23.7 Å². The summed E-state index contributed by atoms with van der Waals surface area (Å²) in [6.07, 6.45) is 13.4. The Labute approximate surface area is 141 Å². The summed E-state index contributed by atoms with van der Waals surface area (Å²) in [7, 11) is 0. The van der Waals surface area contributed by atoms with Crippen LogP contribution in [0.5, 0.6) is 0 Å². The maximum absolute atomic E-state index is 2.57. The summed E-state index contributed by atoms with van der Waals surface area (Å²) in [4.78, 5) is 0. The van der Waals surface area contributed by atoms with Crippen LogP contribution in [0.1, 0.15) is 98.3 Å². The maximum Gasteiger partial charge on any atom is -0.00561 e. The minimum Gasteiger partial charge on any atom is -0.0651 e. The van der Waals surface area contributed by atoms with Crippen molar-refractivity contribution in [3.05, 3.63) is 34.4 Å². The van der Waals surface area contributed by atoms with Gasteiger partial charge in [-0.3, -0.25) is 0 Å². The first kappa shape index (κ1) is 13.5. The highest BCUT2D eigenvalue weighted by Crippen LogP contribution is 2.70. The number of aryl methyl sites for hydroxylation is 1. The Bertz CT molecular complexity index is 656. The van der Waals surface area contributed by atoms with Gasteiger partial charge in [-0.15, -0.1) is 0 Å². The summed E-state index contributed by atoms with van der Waals surface area (Å²) < 4.78 is 0. The number of hydrogen-bond donors (Lipinski definition) is 0. The second-order valence-electron chi connectivity index (χ2n) is 9.56. The molecule has 5 aliphatic rings. The van der Waals surface area contributed by atoms with Gasteiger partial charge in [0, 0.05) is 0 Å². The molecule has 6 rings (SSSR count). The molecule has 7 atom stereocenters. The normalized spacial score (nSPS) is 45.2. The average molecular weight is 306 g/mol. The molecule has 0 aromatic heterocycles. The lowest BCUT2D eigenvalue weighted by Gasteiger charge is -2.46. The molecular weight excluding hydrogens is 276 g/mol. The quantitative estimate of drug-likeness (QED) is 0.628. The van der Waals surface area contributed by atoms with Gasteiger partial charge in [0.05, 0.1) is 0 Å². The maximum atomic E-state index is 2.57. The van der Waals surface area contributed by atoms with Crippen molar-refractivity contribution in [1.29, 1.82) is 0 Å². The Morgan fingerprint density at radius 1 is 0.826 bits per heavy atom. The standard InChI is InChI=1S/C23H30/c1-2-3-14-8-9-18-21-16-6-7-17(12-16)22(21)23(18)20(14)19-11-13-4-5-15(19)10-13/h8-9,13,15-17,19,21-22H,2-7,10-12H2,1H3. The van der Waals surface area contributed by atoms with Crippen LogP contribution in [0.15, 0.2) is 12.1 Å². The summed E-state index contributed by atoms with van der Waals surface area (Å²) in [5.74, 6) is 7.16. The molecule has 0 amide bonds. The van der Waals surface area contributed by atoms with Gasteiger partial charge in [-0.1, -0.05) is 31.9 Å². The molecule has 4 saturated carbocycles. The second-order valence-corrected chi connectivity index (χ2v) is 9.56. The van der Waals surface area contributed by atoms with Crippen molar-refractivity contribution in [2.75, 3.05) is 0 Å². The number of hydrogen-bond acceptors (Lipinski definition) is 0. The number of rotatable bonds is 3. The van der Waals surface area contributed by atoms with Crippen molar-refractivity contribution < 1.29 is 0 Å². The first-order valence-corrected chi connectivity index (χ1v) is 10.5. The van der Waals surface area contributed by atoms with E-state index in [-0.39, 0.29) is 0 Å². The largest absolute Gasteiger partial charge is 0.0651 e. The van der Waals surface area contributed by atoms with Gasteiger partial charge in [-0.25, -0.2) is 0 Å². The molecule has 7 unspecified atom stereocenters. The number of fused-ring (bicyclic) bond motifs is 10. The fourth-order valence-electron chi connectivity index (χ4n) is 7.94. The van der Waals surface area contributed by atoms with E-state index in [9.17, 15) is 0 Å². The van der Waals surface area contributed by atoms with Gasteiger partial charge < -0.3 is 0 Å². The SMILES string of the molecule is CCCc1ccc2c(c1C1CC3CCC1C3)C1C3CCC(C3)C21. The highest BCUT2D eigenvalue weighted by molar-refractivity contribution is 5.57. The predicted octanol–water partition coefficient (Wildman–Crippen LogP) is 6.15. The molecule has 0 aliphatic heterocycles. The van der Waals surface area contributed by atoms with E-state index in [1.54, 1.807) is 24.8 Å². The van der Waals surface area contributed by atoms with E-state index >= 15 is 0 Å². The van der Waals surface area contributed by atoms with Crippen molar-refractivity contribution >= 4 is 0 Å². The minimum atomic E-state index is 0.949. The van der Waals surface area contributed by atoms with E-state index in [2.05, 4.69) is 19.1 Å². The molecule has 0 nitrogen and oxygen atoms in total. The zero-order chi connectivity index (χ0) is 15.1. The molecule has 1 aromatic rings. The third kappa shape index (κ3) is 1.64. The first-order chi connectivity index (χ1) is 11.3. The minimum absolute atomic E-state index is 0.949. The van der Waals surface area contributed by atoms with Crippen LogP contribution < -0.4 is 0 Å². The summed E-state index contributed by atoms with van der Waals surface area (Å²) in [5.41, 5.74) is 7.42. The van der Waals surface area contributed by atoms with Crippen LogP contribution in [-0.4, -0.2) is 0 Å². The smallest absolute Gasteiger partial charge is 0.00561 e. The third-order valence-electron chi connectivity index (χ3n) is 8.65. The van der Waals surface area contributed by atoms with Crippen molar-refractivity contribution in [2.45, 2.75) is 82.5 Å². The van der Waals surface area contributed by atoms with Crippen LogP contribution >= 0.6 is 0 Å². The van der Waals surface area contributed by atoms with E-state index in [1.807, 2.05) is 16.7 Å². The van der Waals surface area contributed by atoms with Gasteiger partial charge in [0.1, 0.15) is 0 Å². The molecule has 1 aromatic carbocycles. The molecular formula is C23H30. The lowest BCUT2D eigenvalue weighted by Crippen LogP contribution is -2.33.